The number of hydrogen-bond acceptors (Lipinski definition) is 6. The smallest absolute Gasteiger partial charge is 0.179 e. The van der Waals surface area contributed by atoms with Gasteiger partial charge in [0.05, 0.1) is 0 Å². The van der Waals surface area contributed by atoms with Crippen LogP contribution in [-0.2, 0) is 6.54 Å². The zero-order valence-corrected chi connectivity index (χ0v) is 13.8. The van der Waals surface area contributed by atoms with E-state index in [1.54, 1.807) is 34.9 Å². The summed E-state index contributed by atoms with van der Waals surface area (Å²) in [5, 5.41) is 12.4. The van der Waals surface area contributed by atoms with Crippen LogP contribution >= 0.6 is 46.5 Å². The van der Waals surface area contributed by atoms with Crippen LogP contribution in [-0.4, -0.2) is 23.0 Å². The van der Waals surface area contributed by atoms with Crippen LogP contribution in [0.5, 0.6) is 0 Å². The van der Waals surface area contributed by atoms with Crippen LogP contribution in [0.3, 0.4) is 0 Å². The maximum Gasteiger partial charge on any atom is 0.179 e. The van der Waals surface area contributed by atoms with E-state index in [2.05, 4.69) is 28.5 Å². The Morgan fingerprint density at radius 1 is 1.32 bits per heavy atom. The fourth-order valence-electron chi connectivity index (χ4n) is 1.47. The molecule has 0 aliphatic heterocycles. The van der Waals surface area contributed by atoms with Crippen molar-refractivity contribution in [1.82, 2.24) is 15.5 Å². The molecule has 0 fully saturated rings. The highest BCUT2D eigenvalue weighted by atomic mass is 35.5. The number of halogens is 1. The van der Waals surface area contributed by atoms with Crippen molar-refractivity contribution in [2.75, 3.05) is 12.8 Å². The van der Waals surface area contributed by atoms with Gasteiger partial charge in [-0.25, -0.2) is 0 Å². The van der Waals surface area contributed by atoms with Gasteiger partial charge in [-0.2, -0.15) is 0 Å². The molecule has 102 valence electrons. The van der Waals surface area contributed by atoms with Crippen LogP contribution < -0.4 is 5.32 Å². The normalized spacial score (nSPS) is 10.9. The largest absolute Gasteiger partial charge is 0.313 e. The molecule has 0 radical (unpaired) electrons. The van der Waals surface area contributed by atoms with Gasteiger partial charge in [-0.15, -0.1) is 10.2 Å². The van der Waals surface area contributed by atoms with Gasteiger partial charge >= 0.3 is 0 Å². The summed E-state index contributed by atoms with van der Waals surface area (Å²) in [5.41, 5.74) is 1.12. The van der Waals surface area contributed by atoms with E-state index in [4.69, 9.17) is 11.6 Å². The third-order valence-electron chi connectivity index (χ3n) is 2.39. The van der Waals surface area contributed by atoms with Crippen molar-refractivity contribution >= 4 is 46.5 Å². The van der Waals surface area contributed by atoms with Gasteiger partial charge in [-0.3, -0.25) is 0 Å². The number of benzene rings is 1. The molecule has 0 aliphatic rings. The lowest BCUT2D eigenvalue weighted by atomic mass is 10.2. The van der Waals surface area contributed by atoms with E-state index in [9.17, 15) is 0 Å². The predicted molar refractivity (Wildman–Crippen MR) is 84.6 cm³/mol. The minimum absolute atomic E-state index is 0.771. The lowest BCUT2D eigenvalue weighted by Gasteiger charge is -2.10. The number of aromatic nitrogens is 2. The fraction of sp³-hybridized carbons (Fsp3) is 0.333. The molecular formula is C12H14ClN3S3. The fourth-order valence-corrected chi connectivity index (χ4v) is 4.33. The van der Waals surface area contributed by atoms with Crippen LogP contribution in [0.25, 0.3) is 0 Å². The Bertz CT molecular complexity index is 545. The Morgan fingerprint density at radius 3 is 2.79 bits per heavy atom. The summed E-state index contributed by atoms with van der Waals surface area (Å²) in [6, 6.07) is 5.96. The zero-order chi connectivity index (χ0) is 13.7. The summed E-state index contributed by atoms with van der Waals surface area (Å²) in [6.07, 6.45) is 2.00. The molecule has 0 saturated heterocycles. The third-order valence-corrected chi connectivity index (χ3v) is 5.79. The average Bonchev–Trinajstić information content (AvgIpc) is 2.86. The highest BCUT2D eigenvalue weighted by Gasteiger charge is 2.11. The van der Waals surface area contributed by atoms with E-state index in [1.165, 1.54) is 0 Å². The van der Waals surface area contributed by atoms with Gasteiger partial charge in [0.2, 0.25) is 0 Å². The summed E-state index contributed by atoms with van der Waals surface area (Å²) in [6.45, 7) is 3.77. The van der Waals surface area contributed by atoms with Crippen LogP contribution in [0, 0.1) is 0 Å². The van der Waals surface area contributed by atoms with Crippen molar-refractivity contribution in [3.05, 3.63) is 28.8 Å². The minimum Gasteiger partial charge on any atom is -0.313 e. The Morgan fingerprint density at radius 2 is 2.11 bits per heavy atom. The van der Waals surface area contributed by atoms with Gasteiger partial charge in [-0.05, 0) is 30.5 Å². The molecule has 7 heteroatoms. The van der Waals surface area contributed by atoms with Crippen molar-refractivity contribution in [3.63, 3.8) is 0 Å². The third kappa shape index (κ3) is 4.10. The van der Waals surface area contributed by atoms with Crippen LogP contribution in [0.4, 0.5) is 0 Å². The molecule has 3 nitrogen and oxygen atoms in total. The van der Waals surface area contributed by atoms with E-state index in [-0.39, 0.29) is 0 Å². The monoisotopic (exact) mass is 331 g/mol. The molecule has 0 aliphatic carbocycles. The molecule has 2 rings (SSSR count). The van der Waals surface area contributed by atoms with E-state index >= 15 is 0 Å². The number of rotatable bonds is 6. The summed E-state index contributed by atoms with van der Waals surface area (Å²) in [5.74, 6) is 0. The highest BCUT2D eigenvalue weighted by Crippen LogP contribution is 2.36. The molecule has 1 aromatic heterocycles. The van der Waals surface area contributed by atoms with Crippen molar-refractivity contribution in [2.24, 2.45) is 0 Å². The number of thioether (sulfide) groups is 1. The molecular weight excluding hydrogens is 318 g/mol. The van der Waals surface area contributed by atoms with Crippen molar-refractivity contribution in [1.29, 1.82) is 0 Å². The van der Waals surface area contributed by atoms with Gasteiger partial charge < -0.3 is 5.32 Å². The first-order valence-electron chi connectivity index (χ1n) is 5.78. The first-order chi connectivity index (χ1) is 9.24. The molecule has 19 heavy (non-hydrogen) atoms. The molecule has 0 unspecified atom stereocenters. The maximum atomic E-state index is 6.27. The number of nitrogens with one attached hydrogen (secondary N) is 1. The molecule has 0 bridgehead atoms. The topological polar surface area (TPSA) is 37.8 Å². The van der Waals surface area contributed by atoms with Gasteiger partial charge in [0.15, 0.2) is 8.68 Å². The molecule has 0 atom stereocenters. The Balaban J connectivity index is 2.21. The molecule has 0 amide bonds. The van der Waals surface area contributed by atoms with Crippen molar-refractivity contribution < 1.29 is 0 Å². The average molecular weight is 332 g/mol. The van der Waals surface area contributed by atoms with Crippen molar-refractivity contribution in [2.45, 2.75) is 27.0 Å². The molecule has 2 aromatic rings. The predicted octanol–water partition coefficient (Wildman–Crippen LogP) is 4.17. The highest BCUT2D eigenvalue weighted by molar-refractivity contribution is 8.03. The second-order valence-electron chi connectivity index (χ2n) is 3.64. The first-order valence-corrected chi connectivity index (χ1v) is 9.01. The van der Waals surface area contributed by atoms with Crippen LogP contribution in [0.2, 0.25) is 5.02 Å². The Kier molecular flexibility index (Phi) is 5.97. The second-order valence-corrected chi connectivity index (χ2v) is 7.36. The van der Waals surface area contributed by atoms with Crippen LogP contribution in [0.15, 0.2) is 31.8 Å². The summed E-state index contributed by atoms with van der Waals surface area (Å²) in [7, 11) is 0. The van der Waals surface area contributed by atoms with Gasteiger partial charge in [0.25, 0.3) is 0 Å². The van der Waals surface area contributed by atoms with Gasteiger partial charge in [-0.1, -0.05) is 59.5 Å². The van der Waals surface area contributed by atoms with E-state index in [1.807, 2.05) is 18.4 Å². The first kappa shape index (κ1) is 15.1. The van der Waals surface area contributed by atoms with E-state index in [0.717, 1.165) is 37.3 Å². The standard InChI is InChI=1S/C12H14ClN3S3/c1-3-14-7-8-9(13)5-4-6-10(8)18-12-16-15-11(17-2)19-12/h4-6,14H,3,7H2,1-2H3. The zero-order valence-electron chi connectivity index (χ0n) is 10.6. The number of nitrogens with zero attached hydrogens (tertiary/aromatic N) is 2. The van der Waals surface area contributed by atoms with E-state index < -0.39 is 0 Å². The lowest BCUT2D eigenvalue weighted by Crippen LogP contribution is -2.12. The molecule has 1 heterocycles. The Labute approximate surface area is 130 Å². The summed E-state index contributed by atoms with van der Waals surface area (Å²) in [4.78, 5) is 1.14. The minimum atomic E-state index is 0.771. The Hall–Kier alpha value is -0.270. The lowest BCUT2D eigenvalue weighted by molar-refractivity contribution is 0.718. The van der Waals surface area contributed by atoms with E-state index in [0.29, 0.717) is 0 Å². The summed E-state index contributed by atoms with van der Waals surface area (Å²) < 4.78 is 1.93. The quantitative estimate of drug-likeness (QED) is 0.804. The molecule has 0 saturated carbocycles. The maximum absolute atomic E-state index is 6.27. The molecule has 1 aromatic carbocycles. The SMILES string of the molecule is CCNCc1c(Cl)cccc1Sc1nnc(SC)s1. The van der Waals surface area contributed by atoms with Crippen molar-refractivity contribution in [3.8, 4) is 0 Å². The summed E-state index contributed by atoms with van der Waals surface area (Å²) >= 11 is 11.1. The second kappa shape index (κ2) is 7.50. The van der Waals surface area contributed by atoms with Gasteiger partial charge in [0, 0.05) is 16.5 Å². The van der Waals surface area contributed by atoms with Crippen LogP contribution in [0.1, 0.15) is 12.5 Å². The molecule has 1 N–H and O–H groups in total. The molecule has 0 spiro atoms. The number of hydrogen-bond donors (Lipinski definition) is 1. The van der Waals surface area contributed by atoms with Gasteiger partial charge in [0.1, 0.15) is 0 Å².